The standard InChI is InChI=1S/C7H11N/c8-6-2-5-7-3-1-4-7/h1,3-4H,2,5-6,8H2. The highest BCUT2D eigenvalue weighted by molar-refractivity contribution is 5.34. The van der Waals surface area contributed by atoms with Gasteiger partial charge in [0, 0.05) is 0 Å². The second-order valence-electron chi connectivity index (χ2n) is 1.99. The van der Waals surface area contributed by atoms with Crippen LogP contribution in [0.1, 0.15) is 12.8 Å². The monoisotopic (exact) mass is 109 g/mol. The molecule has 0 saturated heterocycles. The van der Waals surface area contributed by atoms with Crippen molar-refractivity contribution in [2.75, 3.05) is 6.54 Å². The predicted octanol–water partition coefficient (Wildman–Crippen LogP) is 1.22. The molecule has 1 heteroatoms. The summed E-state index contributed by atoms with van der Waals surface area (Å²) in [5.41, 5.74) is 6.74. The number of hydrogen-bond acceptors (Lipinski definition) is 1. The lowest BCUT2D eigenvalue weighted by atomic mass is 10.0. The quantitative estimate of drug-likeness (QED) is 0.579. The van der Waals surface area contributed by atoms with Crippen molar-refractivity contribution in [3.63, 3.8) is 0 Å². The summed E-state index contributed by atoms with van der Waals surface area (Å²) in [6, 6.07) is 0. The van der Waals surface area contributed by atoms with Gasteiger partial charge in [0.25, 0.3) is 0 Å². The van der Waals surface area contributed by atoms with Gasteiger partial charge in [-0.3, -0.25) is 0 Å². The molecular weight excluding hydrogens is 98.1 g/mol. The van der Waals surface area contributed by atoms with Crippen LogP contribution in [-0.2, 0) is 0 Å². The molecule has 0 unspecified atom stereocenters. The number of hydrogen-bond donors (Lipinski definition) is 1. The average molecular weight is 109 g/mol. The predicted molar refractivity (Wildman–Crippen MR) is 35.5 cm³/mol. The van der Waals surface area contributed by atoms with Crippen LogP contribution >= 0.6 is 0 Å². The Labute approximate surface area is 49.9 Å². The van der Waals surface area contributed by atoms with Crippen LogP contribution in [0.25, 0.3) is 0 Å². The zero-order valence-electron chi connectivity index (χ0n) is 4.93. The van der Waals surface area contributed by atoms with E-state index in [-0.39, 0.29) is 0 Å². The zero-order chi connectivity index (χ0) is 5.82. The van der Waals surface area contributed by atoms with Crippen LogP contribution < -0.4 is 5.73 Å². The van der Waals surface area contributed by atoms with Gasteiger partial charge in [0.05, 0.1) is 0 Å². The van der Waals surface area contributed by atoms with Gasteiger partial charge in [-0.2, -0.15) is 0 Å². The molecule has 8 heavy (non-hydrogen) atoms. The summed E-state index contributed by atoms with van der Waals surface area (Å²) in [7, 11) is 0. The molecule has 0 spiro atoms. The summed E-state index contributed by atoms with van der Waals surface area (Å²) in [5, 5.41) is 0. The minimum atomic E-state index is 0.811. The normalized spacial score (nSPS) is 15.4. The van der Waals surface area contributed by atoms with Crippen molar-refractivity contribution in [3.8, 4) is 0 Å². The molecule has 1 rings (SSSR count). The minimum Gasteiger partial charge on any atom is -0.330 e. The van der Waals surface area contributed by atoms with Crippen molar-refractivity contribution in [1.82, 2.24) is 0 Å². The average Bonchev–Trinajstić information content (AvgIpc) is 1.63. The summed E-state index contributed by atoms with van der Waals surface area (Å²) in [5.74, 6) is 0. The van der Waals surface area contributed by atoms with E-state index in [1.165, 1.54) is 5.57 Å². The molecule has 1 aliphatic rings. The molecule has 0 atom stereocenters. The SMILES string of the molecule is NCCCC1=CC=C1. The highest BCUT2D eigenvalue weighted by Gasteiger charge is 1.94. The van der Waals surface area contributed by atoms with Crippen molar-refractivity contribution < 1.29 is 0 Å². The molecule has 0 fully saturated rings. The van der Waals surface area contributed by atoms with E-state index < -0.39 is 0 Å². The van der Waals surface area contributed by atoms with Crippen LogP contribution in [-0.4, -0.2) is 6.54 Å². The number of rotatable bonds is 3. The van der Waals surface area contributed by atoms with Crippen LogP contribution in [0.15, 0.2) is 23.8 Å². The van der Waals surface area contributed by atoms with Crippen LogP contribution in [0.3, 0.4) is 0 Å². The number of allylic oxidation sites excluding steroid dienone is 4. The molecule has 0 aromatic heterocycles. The summed E-state index contributed by atoms with van der Waals surface area (Å²) in [6.45, 7) is 0.811. The summed E-state index contributed by atoms with van der Waals surface area (Å²) in [6.07, 6.45) is 8.61. The fourth-order valence-corrected chi connectivity index (χ4v) is 0.705. The van der Waals surface area contributed by atoms with Gasteiger partial charge in [-0.05, 0) is 25.0 Å². The van der Waals surface area contributed by atoms with Crippen LogP contribution in [0.2, 0.25) is 0 Å². The van der Waals surface area contributed by atoms with Crippen LogP contribution in [0, 0.1) is 0 Å². The lowest BCUT2D eigenvalue weighted by Gasteiger charge is -2.03. The molecule has 0 amide bonds. The first-order chi connectivity index (χ1) is 3.93. The third-order valence-corrected chi connectivity index (χ3v) is 1.29. The van der Waals surface area contributed by atoms with Crippen molar-refractivity contribution in [3.05, 3.63) is 23.8 Å². The second-order valence-corrected chi connectivity index (χ2v) is 1.99. The summed E-state index contributed by atoms with van der Waals surface area (Å²) < 4.78 is 0. The molecule has 0 aliphatic heterocycles. The van der Waals surface area contributed by atoms with Gasteiger partial charge in [-0.1, -0.05) is 18.2 Å². The minimum absolute atomic E-state index is 0.811. The Balaban J connectivity index is 2.03. The number of nitrogens with two attached hydrogens (primary N) is 1. The first kappa shape index (κ1) is 5.57. The van der Waals surface area contributed by atoms with Gasteiger partial charge in [-0.15, -0.1) is 0 Å². The van der Waals surface area contributed by atoms with E-state index in [4.69, 9.17) is 5.73 Å². The maximum atomic E-state index is 5.30. The van der Waals surface area contributed by atoms with Crippen LogP contribution in [0.5, 0.6) is 0 Å². The van der Waals surface area contributed by atoms with Crippen molar-refractivity contribution in [2.24, 2.45) is 5.73 Å². The van der Waals surface area contributed by atoms with Crippen LogP contribution in [0.4, 0.5) is 0 Å². The smallest absolute Gasteiger partial charge is 0.00741 e. The Morgan fingerprint density at radius 2 is 2.25 bits per heavy atom. The summed E-state index contributed by atoms with van der Waals surface area (Å²) in [4.78, 5) is 0. The lowest BCUT2D eigenvalue weighted by Crippen LogP contribution is -1.99. The van der Waals surface area contributed by atoms with E-state index in [0.29, 0.717) is 0 Å². The summed E-state index contributed by atoms with van der Waals surface area (Å²) >= 11 is 0. The highest BCUT2D eigenvalue weighted by Crippen LogP contribution is 2.12. The molecule has 0 aromatic rings. The maximum absolute atomic E-state index is 5.30. The van der Waals surface area contributed by atoms with E-state index in [1.54, 1.807) is 0 Å². The fourth-order valence-electron chi connectivity index (χ4n) is 0.705. The molecule has 1 aliphatic carbocycles. The lowest BCUT2D eigenvalue weighted by molar-refractivity contribution is 0.832. The van der Waals surface area contributed by atoms with Gasteiger partial charge in [0.15, 0.2) is 0 Å². The molecule has 0 saturated carbocycles. The molecule has 0 radical (unpaired) electrons. The van der Waals surface area contributed by atoms with E-state index in [1.807, 2.05) is 0 Å². The molecule has 0 heterocycles. The Hall–Kier alpha value is -0.560. The van der Waals surface area contributed by atoms with Gasteiger partial charge in [-0.25, -0.2) is 0 Å². The zero-order valence-corrected chi connectivity index (χ0v) is 4.93. The first-order valence-corrected chi connectivity index (χ1v) is 3.01. The first-order valence-electron chi connectivity index (χ1n) is 3.01. The molecule has 2 N–H and O–H groups in total. The van der Waals surface area contributed by atoms with Gasteiger partial charge in [0.2, 0.25) is 0 Å². The van der Waals surface area contributed by atoms with E-state index in [9.17, 15) is 0 Å². The van der Waals surface area contributed by atoms with Gasteiger partial charge >= 0.3 is 0 Å². The largest absolute Gasteiger partial charge is 0.330 e. The maximum Gasteiger partial charge on any atom is -0.00741 e. The van der Waals surface area contributed by atoms with Crippen molar-refractivity contribution in [2.45, 2.75) is 12.8 Å². The fraction of sp³-hybridized carbons (Fsp3) is 0.429. The molecule has 0 aromatic carbocycles. The van der Waals surface area contributed by atoms with E-state index in [0.717, 1.165) is 19.4 Å². The Morgan fingerprint density at radius 1 is 1.50 bits per heavy atom. The van der Waals surface area contributed by atoms with E-state index in [2.05, 4.69) is 18.2 Å². The third kappa shape index (κ3) is 1.20. The molecule has 1 nitrogen and oxygen atoms in total. The third-order valence-electron chi connectivity index (χ3n) is 1.29. The Kier molecular flexibility index (Phi) is 1.86. The second kappa shape index (κ2) is 2.68. The van der Waals surface area contributed by atoms with Crippen molar-refractivity contribution >= 4 is 0 Å². The Morgan fingerprint density at radius 3 is 2.62 bits per heavy atom. The van der Waals surface area contributed by atoms with Gasteiger partial charge < -0.3 is 5.73 Å². The molecule has 0 bridgehead atoms. The Bertz CT molecular complexity index is 122. The van der Waals surface area contributed by atoms with Crippen molar-refractivity contribution in [1.29, 1.82) is 0 Å². The topological polar surface area (TPSA) is 26.0 Å². The molecular formula is C7H11N. The molecule has 44 valence electrons. The van der Waals surface area contributed by atoms with E-state index >= 15 is 0 Å². The van der Waals surface area contributed by atoms with Gasteiger partial charge in [0.1, 0.15) is 0 Å². The highest BCUT2D eigenvalue weighted by atomic mass is 14.5.